The van der Waals surface area contributed by atoms with Crippen LogP contribution >= 0.6 is 0 Å². The molecular weight excluding hydrogens is 192 g/mol. The number of hydrogen-bond acceptors (Lipinski definition) is 3. The standard InChI is InChI=1S/C11H20N2O2/c1-12(8-11(14)15)9-5-7-13-6-3-2-4-10(9)13/h9-10H,2-8H2,1H3,(H,14,15). The molecule has 0 aromatic rings. The summed E-state index contributed by atoms with van der Waals surface area (Å²) in [5, 5.41) is 8.79. The summed E-state index contributed by atoms with van der Waals surface area (Å²) >= 11 is 0. The number of nitrogens with zero attached hydrogens (tertiary/aromatic N) is 2. The van der Waals surface area contributed by atoms with E-state index in [1.807, 2.05) is 11.9 Å². The topological polar surface area (TPSA) is 43.8 Å². The Kier molecular flexibility index (Phi) is 3.26. The Morgan fingerprint density at radius 2 is 2.20 bits per heavy atom. The molecule has 4 nitrogen and oxygen atoms in total. The van der Waals surface area contributed by atoms with E-state index >= 15 is 0 Å². The molecule has 4 heteroatoms. The zero-order chi connectivity index (χ0) is 10.8. The minimum absolute atomic E-state index is 0.176. The van der Waals surface area contributed by atoms with Gasteiger partial charge in [-0.05, 0) is 32.9 Å². The van der Waals surface area contributed by atoms with Gasteiger partial charge >= 0.3 is 5.97 Å². The Morgan fingerprint density at radius 3 is 2.93 bits per heavy atom. The zero-order valence-corrected chi connectivity index (χ0v) is 9.35. The summed E-state index contributed by atoms with van der Waals surface area (Å²) in [5.41, 5.74) is 0. The number of hydrogen-bond donors (Lipinski definition) is 1. The fraction of sp³-hybridized carbons (Fsp3) is 0.909. The SMILES string of the molecule is CN(CC(=O)O)C1CCN2CCCCC12. The monoisotopic (exact) mass is 212 g/mol. The van der Waals surface area contributed by atoms with Gasteiger partial charge in [0.25, 0.3) is 0 Å². The van der Waals surface area contributed by atoms with Crippen LogP contribution in [-0.2, 0) is 4.79 Å². The van der Waals surface area contributed by atoms with Crippen LogP contribution < -0.4 is 0 Å². The maximum atomic E-state index is 10.7. The minimum atomic E-state index is -0.716. The first-order chi connectivity index (χ1) is 7.18. The molecular formula is C11H20N2O2. The lowest BCUT2D eigenvalue weighted by Crippen LogP contribution is -2.46. The van der Waals surface area contributed by atoms with Gasteiger partial charge in [-0.25, -0.2) is 0 Å². The van der Waals surface area contributed by atoms with Crippen LogP contribution in [-0.4, -0.2) is 59.6 Å². The molecule has 1 N–H and O–H groups in total. The van der Waals surface area contributed by atoms with Crippen molar-refractivity contribution in [3.05, 3.63) is 0 Å². The number of piperidine rings is 1. The average Bonchev–Trinajstić information content (AvgIpc) is 2.59. The van der Waals surface area contributed by atoms with Gasteiger partial charge in [-0.1, -0.05) is 6.42 Å². The Morgan fingerprint density at radius 1 is 1.40 bits per heavy atom. The van der Waals surface area contributed by atoms with Crippen molar-refractivity contribution in [1.82, 2.24) is 9.80 Å². The Labute approximate surface area is 90.9 Å². The molecule has 2 saturated heterocycles. The highest BCUT2D eigenvalue weighted by Gasteiger charge is 2.37. The summed E-state index contributed by atoms with van der Waals surface area (Å²) in [6, 6.07) is 1.07. The first-order valence-corrected chi connectivity index (χ1v) is 5.84. The van der Waals surface area contributed by atoms with E-state index in [0.29, 0.717) is 12.1 Å². The molecule has 2 unspecified atom stereocenters. The number of carboxylic acids is 1. The third-order valence-corrected chi connectivity index (χ3v) is 3.77. The van der Waals surface area contributed by atoms with Crippen molar-refractivity contribution in [1.29, 1.82) is 0 Å². The predicted octanol–water partition coefficient (Wildman–Crippen LogP) is 0.630. The van der Waals surface area contributed by atoms with Crippen molar-refractivity contribution in [3.8, 4) is 0 Å². The van der Waals surface area contributed by atoms with Gasteiger partial charge in [0.1, 0.15) is 0 Å². The van der Waals surface area contributed by atoms with Crippen molar-refractivity contribution in [2.75, 3.05) is 26.7 Å². The number of fused-ring (bicyclic) bond motifs is 1. The summed E-state index contributed by atoms with van der Waals surface area (Å²) in [5.74, 6) is -0.716. The van der Waals surface area contributed by atoms with Gasteiger partial charge in [0.2, 0.25) is 0 Å². The molecule has 2 aliphatic rings. The van der Waals surface area contributed by atoms with E-state index < -0.39 is 5.97 Å². The third-order valence-electron chi connectivity index (χ3n) is 3.77. The van der Waals surface area contributed by atoms with Gasteiger partial charge in [-0.3, -0.25) is 14.6 Å². The van der Waals surface area contributed by atoms with E-state index in [-0.39, 0.29) is 6.54 Å². The van der Waals surface area contributed by atoms with Crippen molar-refractivity contribution in [2.45, 2.75) is 37.8 Å². The van der Waals surface area contributed by atoms with Crippen LogP contribution in [0.3, 0.4) is 0 Å². The summed E-state index contributed by atoms with van der Waals surface area (Å²) in [6.45, 7) is 2.54. The molecule has 0 aliphatic carbocycles. The van der Waals surface area contributed by atoms with Crippen LogP contribution in [0.4, 0.5) is 0 Å². The molecule has 2 heterocycles. The molecule has 2 rings (SSSR count). The van der Waals surface area contributed by atoms with Crippen LogP contribution in [0.25, 0.3) is 0 Å². The average molecular weight is 212 g/mol. The highest BCUT2D eigenvalue weighted by atomic mass is 16.4. The van der Waals surface area contributed by atoms with Gasteiger partial charge in [0, 0.05) is 18.6 Å². The molecule has 15 heavy (non-hydrogen) atoms. The normalized spacial score (nSPS) is 31.9. The summed E-state index contributed by atoms with van der Waals surface area (Å²) in [4.78, 5) is 15.2. The van der Waals surface area contributed by atoms with Crippen molar-refractivity contribution in [2.24, 2.45) is 0 Å². The number of carboxylic acid groups (broad SMARTS) is 1. The quantitative estimate of drug-likeness (QED) is 0.745. The number of rotatable bonds is 3. The van der Waals surface area contributed by atoms with Gasteiger partial charge in [-0.2, -0.15) is 0 Å². The summed E-state index contributed by atoms with van der Waals surface area (Å²) in [6.07, 6.45) is 4.99. The van der Waals surface area contributed by atoms with E-state index in [0.717, 1.165) is 13.0 Å². The zero-order valence-electron chi connectivity index (χ0n) is 9.35. The molecule has 0 aromatic carbocycles. The van der Waals surface area contributed by atoms with E-state index in [1.165, 1.54) is 25.8 Å². The number of carbonyl (C=O) groups is 1. The molecule has 2 aliphatic heterocycles. The maximum Gasteiger partial charge on any atom is 0.317 e. The van der Waals surface area contributed by atoms with E-state index in [9.17, 15) is 4.79 Å². The number of likely N-dealkylation sites (N-methyl/N-ethyl adjacent to an activating group) is 1. The van der Waals surface area contributed by atoms with Gasteiger partial charge < -0.3 is 5.11 Å². The highest BCUT2D eigenvalue weighted by molar-refractivity contribution is 5.69. The smallest absolute Gasteiger partial charge is 0.317 e. The van der Waals surface area contributed by atoms with Gasteiger partial charge in [0.15, 0.2) is 0 Å². The Hall–Kier alpha value is -0.610. The molecule has 0 aromatic heterocycles. The molecule has 86 valence electrons. The lowest BCUT2D eigenvalue weighted by atomic mass is 9.98. The lowest BCUT2D eigenvalue weighted by molar-refractivity contribution is -0.138. The fourth-order valence-corrected chi connectivity index (χ4v) is 3.07. The van der Waals surface area contributed by atoms with E-state index in [2.05, 4.69) is 4.90 Å². The van der Waals surface area contributed by atoms with Crippen molar-refractivity contribution < 1.29 is 9.90 Å². The number of aliphatic carboxylic acids is 1. The van der Waals surface area contributed by atoms with Crippen LogP contribution in [0.1, 0.15) is 25.7 Å². The lowest BCUT2D eigenvalue weighted by Gasteiger charge is -2.35. The van der Waals surface area contributed by atoms with Crippen molar-refractivity contribution >= 4 is 5.97 Å². The second-order valence-electron chi connectivity index (χ2n) is 4.76. The van der Waals surface area contributed by atoms with E-state index in [1.54, 1.807) is 0 Å². The second kappa shape index (κ2) is 4.49. The molecule has 0 spiro atoms. The molecule has 2 fully saturated rings. The van der Waals surface area contributed by atoms with Crippen LogP contribution in [0.15, 0.2) is 0 Å². The molecule has 0 radical (unpaired) electrons. The second-order valence-corrected chi connectivity index (χ2v) is 4.76. The molecule has 2 atom stereocenters. The fourth-order valence-electron chi connectivity index (χ4n) is 3.07. The third kappa shape index (κ3) is 2.32. The first-order valence-electron chi connectivity index (χ1n) is 5.84. The first kappa shape index (κ1) is 10.9. The summed E-state index contributed by atoms with van der Waals surface area (Å²) < 4.78 is 0. The highest BCUT2D eigenvalue weighted by Crippen LogP contribution is 2.29. The van der Waals surface area contributed by atoms with Crippen molar-refractivity contribution in [3.63, 3.8) is 0 Å². The van der Waals surface area contributed by atoms with Gasteiger partial charge in [-0.15, -0.1) is 0 Å². The van der Waals surface area contributed by atoms with Gasteiger partial charge in [0.05, 0.1) is 6.54 Å². The maximum absolute atomic E-state index is 10.7. The summed E-state index contributed by atoms with van der Waals surface area (Å²) in [7, 11) is 1.94. The van der Waals surface area contributed by atoms with Crippen LogP contribution in [0.5, 0.6) is 0 Å². The largest absolute Gasteiger partial charge is 0.480 e. The van der Waals surface area contributed by atoms with Crippen LogP contribution in [0, 0.1) is 0 Å². The molecule has 0 bridgehead atoms. The molecule has 0 saturated carbocycles. The van der Waals surface area contributed by atoms with Crippen LogP contribution in [0.2, 0.25) is 0 Å². The Bertz CT molecular complexity index is 245. The minimum Gasteiger partial charge on any atom is -0.480 e. The Balaban J connectivity index is 1.94. The molecule has 0 amide bonds. The predicted molar refractivity (Wildman–Crippen MR) is 57.9 cm³/mol. The van der Waals surface area contributed by atoms with E-state index in [4.69, 9.17) is 5.11 Å².